The Labute approximate surface area is 176 Å². The van der Waals surface area contributed by atoms with Crippen molar-refractivity contribution in [1.82, 2.24) is 15.1 Å². The Kier molecular flexibility index (Phi) is 7.42. The van der Waals surface area contributed by atoms with Crippen LogP contribution in [-0.2, 0) is 4.74 Å². The standard InChI is InChI=1S/C21H29N3O6/c1-14(22-19(27)30-21(2,3)4)13-23(20(28)29)11-7-8-12-24-17(25)15-9-5-6-10-16(15)18(24)26/h5-6,9-10,14H,7-8,11-13H2,1-4H3,(H,22,27)(H,28,29). The van der Waals surface area contributed by atoms with Crippen LogP contribution >= 0.6 is 0 Å². The van der Waals surface area contributed by atoms with E-state index in [1.54, 1.807) is 52.0 Å². The Bertz CT molecular complexity index is 782. The molecular formula is C21H29N3O6. The first-order valence-corrected chi connectivity index (χ1v) is 9.92. The number of nitrogens with zero attached hydrogens (tertiary/aromatic N) is 2. The molecule has 1 aromatic carbocycles. The molecule has 0 aromatic heterocycles. The number of unbranched alkanes of at least 4 members (excludes halogenated alkanes) is 1. The fraction of sp³-hybridized carbons (Fsp3) is 0.524. The number of ether oxygens (including phenoxy) is 1. The lowest BCUT2D eigenvalue weighted by atomic mass is 10.1. The van der Waals surface area contributed by atoms with E-state index >= 15 is 0 Å². The van der Waals surface area contributed by atoms with E-state index in [1.807, 2.05) is 0 Å². The van der Waals surface area contributed by atoms with Gasteiger partial charge in [0.15, 0.2) is 0 Å². The summed E-state index contributed by atoms with van der Waals surface area (Å²) < 4.78 is 5.17. The molecule has 1 unspecified atom stereocenters. The summed E-state index contributed by atoms with van der Waals surface area (Å²) in [5, 5.41) is 12.0. The molecule has 0 bridgehead atoms. The fourth-order valence-corrected chi connectivity index (χ4v) is 3.16. The molecule has 0 aliphatic carbocycles. The molecule has 1 aliphatic heterocycles. The SMILES string of the molecule is CC(CN(CCCCN1C(=O)c2ccccc2C1=O)C(=O)O)NC(=O)OC(C)(C)C. The van der Waals surface area contributed by atoms with Crippen molar-refractivity contribution in [3.63, 3.8) is 0 Å². The van der Waals surface area contributed by atoms with Crippen molar-refractivity contribution in [2.45, 2.75) is 52.2 Å². The number of amides is 4. The van der Waals surface area contributed by atoms with Crippen molar-refractivity contribution in [3.05, 3.63) is 35.4 Å². The highest BCUT2D eigenvalue weighted by molar-refractivity contribution is 6.21. The Morgan fingerprint density at radius 3 is 2.20 bits per heavy atom. The van der Waals surface area contributed by atoms with Crippen LogP contribution in [0.4, 0.5) is 9.59 Å². The average molecular weight is 419 g/mol. The highest BCUT2D eigenvalue weighted by atomic mass is 16.6. The molecule has 1 aromatic rings. The number of carboxylic acid groups (broad SMARTS) is 1. The van der Waals surface area contributed by atoms with Gasteiger partial charge in [-0.1, -0.05) is 12.1 Å². The van der Waals surface area contributed by atoms with Gasteiger partial charge in [-0.2, -0.15) is 0 Å². The maximum atomic E-state index is 12.3. The van der Waals surface area contributed by atoms with E-state index in [4.69, 9.17) is 4.74 Å². The van der Waals surface area contributed by atoms with Gasteiger partial charge in [-0.15, -0.1) is 0 Å². The molecule has 2 N–H and O–H groups in total. The third-order valence-corrected chi connectivity index (χ3v) is 4.47. The predicted octanol–water partition coefficient (Wildman–Crippen LogP) is 2.96. The van der Waals surface area contributed by atoms with Crippen LogP contribution in [0.1, 0.15) is 61.3 Å². The summed E-state index contributed by atoms with van der Waals surface area (Å²) in [6.45, 7) is 7.48. The van der Waals surface area contributed by atoms with Crippen LogP contribution in [0.25, 0.3) is 0 Å². The zero-order valence-corrected chi connectivity index (χ0v) is 17.8. The second-order valence-corrected chi connectivity index (χ2v) is 8.29. The third-order valence-electron chi connectivity index (χ3n) is 4.47. The molecule has 0 spiro atoms. The minimum absolute atomic E-state index is 0.0988. The van der Waals surface area contributed by atoms with Crippen LogP contribution in [0, 0.1) is 0 Å². The normalized spacial score (nSPS) is 14.3. The molecule has 2 rings (SSSR count). The Morgan fingerprint density at radius 2 is 1.70 bits per heavy atom. The molecule has 9 nitrogen and oxygen atoms in total. The summed E-state index contributed by atoms with van der Waals surface area (Å²) in [5.41, 5.74) is 0.161. The molecule has 0 saturated carbocycles. The van der Waals surface area contributed by atoms with Crippen molar-refractivity contribution >= 4 is 24.0 Å². The maximum absolute atomic E-state index is 12.3. The first-order chi connectivity index (χ1) is 14.0. The van der Waals surface area contributed by atoms with E-state index in [-0.39, 0.29) is 31.4 Å². The number of carbonyl (C=O) groups excluding carboxylic acids is 3. The summed E-state index contributed by atoms with van der Waals surface area (Å²) in [7, 11) is 0. The Morgan fingerprint density at radius 1 is 1.13 bits per heavy atom. The minimum atomic E-state index is -1.10. The average Bonchev–Trinajstić information content (AvgIpc) is 2.87. The van der Waals surface area contributed by atoms with Crippen molar-refractivity contribution < 1.29 is 29.0 Å². The lowest BCUT2D eigenvalue weighted by Crippen LogP contribution is -2.45. The Balaban J connectivity index is 1.79. The van der Waals surface area contributed by atoms with Gasteiger partial charge in [-0.3, -0.25) is 14.5 Å². The lowest BCUT2D eigenvalue weighted by Gasteiger charge is -2.26. The van der Waals surface area contributed by atoms with Crippen molar-refractivity contribution in [2.75, 3.05) is 19.6 Å². The van der Waals surface area contributed by atoms with Gasteiger partial charge >= 0.3 is 12.2 Å². The molecule has 4 amide bonds. The van der Waals surface area contributed by atoms with E-state index in [0.29, 0.717) is 24.0 Å². The van der Waals surface area contributed by atoms with Crippen LogP contribution in [-0.4, -0.2) is 70.2 Å². The fourth-order valence-electron chi connectivity index (χ4n) is 3.16. The van der Waals surface area contributed by atoms with E-state index in [2.05, 4.69) is 5.32 Å². The number of hydrogen-bond acceptors (Lipinski definition) is 5. The van der Waals surface area contributed by atoms with Crippen molar-refractivity contribution in [2.24, 2.45) is 0 Å². The van der Waals surface area contributed by atoms with Gasteiger partial charge in [-0.25, -0.2) is 9.59 Å². The first kappa shape index (κ1) is 23.2. The molecule has 1 heterocycles. The number of imide groups is 1. The molecule has 0 fully saturated rings. The first-order valence-electron chi connectivity index (χ1n) is 9.92. The highest BCUT2D eigenvalue weighted by Gasteiger charge is 2.34. The second kappa shape index (κ2) is 9.60. The van der Waals surface area contributed by atoms with Gasteiger partial charge in [0.05, 0.1) is 11.1 Å². The van der Waals surface area contributed by atoms with Crippen molar-refractivity contribution in [3.8, 4) is 0 Å². The van der Waals surface area contributed by atoms with Crippen LogP contribution in [0.2, 0.25) is 0 Å². The summed E-state index contributed by atoms with van der Waals surface area (Å²) >= 11 is 0. The largest absolute Gasteiger partial charge is 0.465 e. The highest BCUT2D eigenvalue weighted by Crippen LogP contribution is 2.22. The number of alkyl carbamates (subject to hydrolysis) is 1. The van der Waals surface area contributed by atoms with E-state index < -0.39 is 23.8 Å². The zero-order chi connectivity index (χ0) is 22.5. The minimum Gasteiger partial charge on any atom is -0.465 e. The lowest BCUT2D eigenvalue weighted by molar-refractivity contribution is 0.0494. The smallest absolute Gasteiger partial charge is 0.407 e. The summed E-state index contributed by atoms with van der Waals surface area (Å²) in [4.78, 5) is 50.4. The summed E-state index contributed by atoms with van der Waals surface area (Å²) in [6.07, 6.45) is -0.762. The van der Waals surface area contributed by atoms with Crippen molar-refractivity contribution in [1.29, 1.82) is 0 Å². The monoisotopic (exact) mass is 419 g/mol. The van der Waals surface area contributed by atoms with Gasteiger partial charge in [0.1, 0.15) is 5.60 Å². The maximum Gasteiger partial charge on any atom is 0.407 e. The van der Waals surface area contributed by atoms with E-state index in [0.717, 1.165) is 0 Å². The number of nitrogens with one attached hydrogen (secondary N) is 1. The molecule has 0 saturated heterocycles. The second-order valence-electron chi connectivity index (χ2n) is 8.29. The quantitative estimate of drug-likeness (QED) is 0.494. The molecule has 9 heteroatoms. The Hall–Kier alpha value is -3.10. The number of hydrogen-bond donors (Lipinski definition) is 2. The van der Waals surface area contributed by atoms with Gasteiger partial charge in [0.2, 0.25) is 0 Å². The van der Waals surface area contributed by atoms with Gasteiger partial charge in [0, 0.05) is 25.7 Å². The number of carbonyl (C=O) groups is 4. The van der Waals surface area contributed by atoms with Crippen LogP contribution < -0.4 is 5.32 Å². The number of rotatable bonds is 8. The molecule has 0 radical (unpaired) electrons. The molecule has 164 valence electrons. The zero-order valence-electron chi connectivity index (χ0n) is 17.8. The number of fused-ring (bicyclic) bond motifs is 1. The predicted molar refractivity (Wildman–Crippen MR) is 109 cm³/mol. The third kappa shape index (κ3) is 6.20. The van der Waals surface area contributed by atoms with E-state index in [9.17, 15) is 24.3 Å². The summed E-state index contributed by atoms with van der Waals surface area (Å²) in [5.74, 6) is -0.637. The topological polar surface area (TPSA) is 116 Å². The van der Waals surface area contributed by atoms with Gasteiger partial charge < -0.3 is 20.1 Å². The molecular weight excluding hydrogens is 390 g/mol. The van der Waals surface area contributed by atoms with Crippen LogP contribution in [0.3, 0.4) is 0 Å². The molecule has 1 atom stereocenters. The van der Waals surface area contributed by atoms with Crippen LogP contribution in [0.5, 0.6) is 0 Å². The van der Waals surface area contributed by atoms with E-state index in [1.165, 1.54) is 9.80 Å². The molecule has 1 aliphatic rings. The van der Waals surface area contributed by atoms with Gasteiger partial charge in [0.25, 0.3) is 11.8 Å². The summed E-state index contributed by atoms with van der Waals surface area (Å²) in [6, 6.07) is 6.24. The molecule has 30 heavy (non-hydrogen) atoms. The van der Waals surface area contributed by atoms with Crippen LogP contribution in [0.15, 0.2) is 24.3 Å². The van der Waals surface area contributed by atoms with Gasteiger partial charge in [-0.05, 0) is 52.7 Å². The number of benzene rings is 1.